The Morgan fingerprint density at radius 1 is 1.08 bits per heavy atom. The number of fused-ring (bicyclic) bond motifs is 1. The maximum atomic E-state index is 6.51. The molecule has 2 saturated heterocycles. The van der Waals surface area contributed by atoms with E-state index in [4.69, 9.17) is 15.8 Å². The standard InChI is InChI=1S/C19H23ClNOPSi/c1-24(16-9-4-2-5-10-16,17-11-6-3-7-12-17)15-19-18-13-8-14-21(18)23(20)22-19/h2-7,9-12,18-19H,8,13-15H2,1H3. The number of benzene rings is 2. The van der Waals surface area contributed by atoms with Gasteiger partial charge < -0.3 is 4.52 Å². The van der Waals surface area contributed by atoms with Crippen LogP contribution in [0, 0.1) is 0 Å². The van der Waals surface area contributed by atoms with E-state index < -0.39 is 15.7 Å². The van der Waals surface area contributed by atoms with Crippen molar-refractivity contribution >= 4 is 37.3 Å². The van der Waals surface area contributed by atoms with Gasteiger partial charge in [0.2, 0.25) is 7.65 Å². The summed E-state index contributed by atoms with van der Waals surface area (Å²) in [6, 6.07) is 23.7. The zero-order chi connectivity index (χ0) is 16.6. The molecule has 2 fully saturated rings. The fourth-order valence-electron chi connectivity index (χ4n) is 4.18. The summed E-state index contributed by atoms with van der Waals surface area (Å²) in [5.41, 5.74) is 0. The summed E-state index contributed by atoms with van der Waals surface area (Å²) in [6.45, 7) is 3.58. The molecule has 0 bridgehead atoms. The molecule has 0 N–H and O–H groups in total. The molecule has 0 spiro atoms. The van der Waals surface area contributed by atoms with E-state index in [1.54, 1.807) is 0 Å². The van der Waals surface area contributed by atoms with E-state index in [9.17, 15) is 0 Å². The smallest absolute Gasteiger partial charge is 0.207 e. The Morgan fingerprint density at radius 3 is 2.25 bits per heavy atom. The first-order chi connectivity index (χ1) is 11.7. The maximum Gasteiger partial charge on any atom is 0.207 e. The van der Waals surface area contributed by atoms with Crippen LogP contribution in [0.2, 0.25) is 12.6 Å². The van der Waals surface area contributed by atoms with Gasteiger partial charge in [0, 0.05) is 12.6 Å². The Balaban J connectivity index is 1.69. The fraction of sp³-hybridized carbons (Fsp3) is 0.368. The third-order valence-electron chi connectivity index (χ3n) is 5.55. The molecule has 126 valence electrons. The minimum atomic E-state index is -1.86. The highest BCUT2D eigenvalue weighted by Gasteiger charge is 2.48. The first-order valence-electron chi connectivity index (χ1n) is 8.69. The molecule has 0 amide bonds. The van der Waals surface area contributed by atoms with Crippen LogP contribution in [-0.4, -0.2) is 31.4 Å². The molecule has 2 heterocycles. The molecule has 5 heteroatoms. The fourth-order valence-corrected chi connectivity index (χ4v) is 10.4. The molecule has 0 saturated carbocycles. The van der Waals surface area contributed by atoms with Gasteiger partial charge in [-0.05, 0) is 30.1 Å². The first kappa shape index (κ1) is 16.7. The van der Waals surface area contributed by atoms with Gasteiger partial charge in [-0.25, -0.2) is 4.67 Å². The molecule has 0 radical (unpaired) electrons. The van der Waals surface area contributed by atoms with Crippen molar-refractivity contribution in [1.82, 2.24) is 4.67 Å². The lowest BCUT2D eigenvalue weighted by atomic mass is 10.1. The molecule has 2 nitrogen and oxygen atoms in total. The van der Waals surface area contributed by atoms with Crippen LogP contribution in [0.5, 0.6) is 0 Å². The average Bonchev–Trinajstić information content (AvgIpc) is 3.22. The summed E-state index contributed by atoms with van der Waals surface area (Å²) in [7, 11) is -2.76. The second-order valence-electron chi connectivity index (χ2n) is 7.01. The molecule has 0 aromatic heterocycles. The van der Waals surface area contributed by atoms with E-state index in [0.29, 0.717) is 6.04 Å². The monoisotopic (exact) mass is 375 g/mol. The quantitative estimate of drug-likeness (QED) is 0.586. The molecule has 3 atom stereocenters. The first-order valence-corrected chi connectivity index (χ1v) is 13.5. The van der Waals surface area contributed by atoms with Crippen molar-refractivity contribution in [2.45, 2.75) is 37.6 Å². The predicted molar refractivity (Wildman–Crippen MR) is 106 cm³/mol. The minimum absolute atomic E-state index is 0.271. The average molecular weight is 376 g/mol. The van der Waals surface area contributed by atoms with Crippen LogP contribution >= 0.6 is 18.9 Å². The van der Waals surface area contributed by atoms with Crippen LogP contribution < -0.4 is 10.4 Å². The zero-order valence-electron chi connectivity index (χ0n) is 13.9. The molecule has 2 aromatic rings. The molecule has 0 aliphatic carbocycles. The number of hydrogen-bond acceptors (Lipinski definition) is 2. The summed E-state index contributed by atoms with van der Waals surface area (Å²) in [5, 5.41) is 2.96. The summed E-state index contributed by atoms with van der Waals surface area (Å²) < 4.78 is 8.67. The van der Waals surface area contributed by atoms with Gasteiger partial charge in [-0.2, -0.15) is 0 Å². The number of halogens is 1. The zero-order valence-corrected chi connectivity index (χ0v) is 16.6. The van der Waals surface area contributed by atoms with E-state index in [-0.39, 0.29) is 6.10 Å². The second-order valence-corrected chi connectivity index (χ2v) is 13.3. The molecular weight excluding hydrogens is 353 g/mol. The minimum Gasteiger partial charge on any atom is -0.327 e. The Labute approximate surface area is 151 Å². The summed E-state index contributed by atoms with van der Waals surface area (Å²) >= 11 is 6.51. The lowest BCUT2D eigenvalue weighted by molar-refractivity contribution is 0.231. The molecule has 4 rings (SSSR count). The lowest BCUT2D eigenvalue weighted by Crippen LogP contribution is -2.58. The van der Waals surface area contributed by atoms with Gasteiger partial charge >= 0.3 is 0 Å². The molecule has 24 heavy (non-hydrogen) atoms. The van der Waals surface area contributed by atoms with E-state index in [0.717, 1.165) is 12.6 Å². The van der Waals surface area contributed by atoms with Gasteiger partial charge in [-0.15, -0.1) is 0 Å². The Kier molecular flexibility index (Phi) is 4.81. The van der Waals surface area contributed by atoms with Gasteiger partial charge in [-0.1, -0.05) is 77.6 Å². The SMILES string of the molecule is C[Si](CC1OP(Cl)N2CCCC12)(c1ccccc1)c1ccccc1. The van der Waals surface area contributed by atoms with E-state index in [1.807, 2.05) is 0 Å². The summed E-state index contributed by atoms with van der Waals surface area (Å²) in [6.07, 6.45) is 2.75. The van der Waals surface area contributed by atoms with Crippen molar-refractivity contribution in [3.8, 4) is 0 Å². The van der Waals surface area contributed by atoms with Gasteiger partial charge in [0.05, 0.1) is 6.10 Å². The van der Waals surface area contributed by atoms with E-state index in [2.05, 4.69) is 71.9 Å². The van der Waals surface area contributed by atoms with Crippen LogP contribution in [-0.2, 0) is 4.52 Å². The van der Waals surface area contributed by atoms with Crippen LogP contribution in [0.3, 0.4) is 0 Å². The van der Waals surface area contributed by atoms with Gasteiger partial charge in [0.1, 0.15) is 8.07 Å². The Hall–Kier alpha value is -0.703. The Morgan fingerprint density at radius 2 is 1.67 bits per heavy atom. The van der Waals surface area contributed by atoms with Crippen LogP contribution in [0.25, 0.3) is 0 Å². The highest BCUT2D eigenvalue weighted by molar-refractivity contribution is 7.78. The summed E-state index contributed by atoms with van der Waals surface area (Å²) in [5.74, 6) is 0. The highest BCUT2D eigenvalue weighted by Crippen LogP contribution is 2.59. The molecule has 2 aliphatic rings. The van der Waals surface area contributed by atoms with Crippen molar-refractivity contribution in [2.75, 3.05) is 6.54 Å². The van der Waals surface area contributed by atoms with Gasteiger partial charge in [-0.3, -0.25) is 0 Å². The Bertz CT molecular complexity index is 647. The molecule has 2 aliphatic heterocycles. The third kappa shape index (κ3) is 2.98. The van der Waals surface area contributed by atoms with E-state index in [1.165, 1.54) is 23.2 Å². The van der Waals surface area contributed by atoms with Crippen LogP contribution in [0.15, 0.2) is 60.7 Å². The van der Waals surface area contributed by atoms with Crippen LogP contribution in [0.4, 0.5) is 0 Å². The number of rotatable bonds is 4. The molecular formula is C19H23ClNOPSi. The predicted octanol–water partition coefficient (Wildman–Crippen LogP) is 4.21. The van der Waals surface area contributed by atoms with Crippen molar-refractivity contribution < 1.29 is 4.52 Å². The normalized spacial score (nSPS) is 27.3. The lowest BCUT2D eigenvalue weighted by Gasteiger charge is -2.32. The van der Waals surface area contributed by atoms with Crippen molar-refractivity contribution in [3.05, 3.63) is 60.7 Å². The highest BCUT2D eigenvalue weighted by atomic mass is 35.7. The second kappa shape index (κ2) is 6.90. The summed E-state index contributed by atoms with van der Waals surface area (Å²) in [4.78, 5) is 0. The number of hydrogen-bond donors (Lipinski definition) is 0. The molecule has 3 unspecified atom stereocenters. The molecule has 2 aromatic carbocycles. The largest absolute Gasteiger partial charge is 0.327 e. The van der Waals surface area contributed by atoms with Gasteiger partial charge in [0.15, 0.2) is 0 Å². The van der Waals surface area contributed by atoms with Gasteiger partial charge in [0.25, 0.3) is 0 Å². The maximum absolute atomic E-state index is 6.51. The number of nitrogens with zero attached hydrogens (tertiary/aromatic N) is 1. The third-order valence-corrected chi connectivity index (χ3v) is 12.2. The van der Waals surface area contributed by atoms with E-state index >= 15 is 0 Å². The van der Waals surface area contributed by atoms with Crippen molar-refractivity contribution in [1.29, 1.82) is 0 Å². The van der Waals surface area contributed by atoms with Crippen molar-refractivity contribution in [2.24, 2.45) is 0 Å². The van der Waals surface area contributed by atoms with Crippen LogP contribution in [0.1, 0.15) is 12.8 Å². The van der Waals surface area contributed by atoms with Crippen molar-refractivity contribution in [3.63, 3.8) is 0 Å². The topological polar surface area (TPSA) is 12.5 Å².